The number of methoxy groups -OCH3 is 1. The first-order chi connectivity index (χ1) is 4.26. The van der Waals surface area contributed by atoms with E-state index in [1.165, 1.54) is 0 Å². The summed E-state index contributed by atoms with van der Waals surface area (Å²) in [4.78, 5) is 10.4. The Kier molecular flexibility index (Phi) is 3.96. The highest BCUT2D eigenvalue weighted by atomic mass is 19.1. The van der Waals surface area contributed by atoms with E-state index in [1.54, 1.807) is 0 Å². The van der Waals surface area contributed by atoms with Gasteiger partial charge in [-0.25, -0.2) is 0 Å². The maximum Gasteiger partial charge on any atom is 0.313 e. The van der Waals surface area contributed by atoms with Crippen molar-refractivity contribution in [2.75, 3.05) is 20.4 Å². The molecule has 0 rings (SSSR count). The fraction of sp³-hybridized carbons (Fsp3) is 0.800. The first-order valence-electron chi connectivity index (χ1n) is 2.51. The van der Waals surface area contributed by atoms with E-state index < -0.39 is 25.2 Å². The lowest BCUT2D eigenvalue weighted by Gasteiger charge is -2.04. The van der Waals surface area contributed by atoms with Gasteiger partial charge in [-0.2, -0.15) is 0 Å². The summed E-state index contributed by atoms with van der Waals surface area (Å²) in [5, 5.41) is 8.29. The van der Waals surface area contributed by atoms with Gasteiger partial charge in [-0.05, 0) is 0 Å². The van der Waals surface area contributed by atoms with Crippen molar-refractivity contribution in [2.24, 2.45) is 5.92 Å². The molecular weight excluding hydrogens is 127 g/mol. The average Bonchev–Trinajstić information content (AvgIpc) is 1.90. The van der Waals surface area contributed by atoms with Crippen molar-refractivity contribution in [3.63, 3.8) is 0 Å². The van der Waals surface area contributed by atoms with Crippen LogP contribution in [-0.2, 0) is 9.53 Å². The highest BCUT2D eigenvalue weighted by Gasteiger charge is 2.16. The second kappa shape index (κ2) is 4.26. The van der Waals surface area contributed by atoms with Gasteiger partial charge in [-0.15, -0.1) is 0 Å². The Bertz CT molecular complexity index is 90.2. The van der Waals surface area contributed by atoms with Crippen LogP contribution in [0.4, 0.5) is 4.39 Å². The van der Waals surface area contributed by atoms with Crippen molar-refractivity contribution >= 4 is 5.97 Å². The summed E-state index contributed by atoms with van der Waals surface area (Å²) in [5.41, 5.74) is 0. The van der Waals surface area contributed by atoms with E-state index in [2.05, 4.69) is 4.74 Å². The molecule has 0 aliphatic rings. The van der Waals surface area contributed by atoms with Gasteiger partial charge in [0.25, 0.3) is 0 Å². The molecule has 0 aliphatic heterocycles. The number of carbonyl (C=O) groups is 1. The van der Waals surface area contributed by atoms with Gasteiger partial charge in [-0.1, -0.05) is 0 Å². The van der Waals surface area contributed by atoms with Crippen LogP contribution in [0.5, 0.6) is 0 Å². The Labute approximate surface area is 52.4 Å². The fourth-order valence-electron chi connectivity index (χ4n) is 0.353. The van der Waals surface area contributed by atoms with E-state index in [-0.39, 0.29) is 0 Å². The minimum atomic E-state index is -1.00. The van der Waals surface area contributed by atoms with Gasteiger partial charge in [0.05, 0.1) is 13.7 Å². The molecule has 54 valence electrons. The zero-order chi connectivity index (χ0) is 7.28. The van der Waals surface area contributed by atoms with Crippen LogP contribution in [0, 0.1) is 5.92 Å². The van der Waals surface area contributed by atoms with Crippen LogP contribution in [-0.4, -0.2) is 31.5 Å². The van der Waals surface area contributed by atoms with Crippen LogP contribution in [0.15, 0.2) is 0 Å². The molecule has 0 aliphatic carbocycles. The SMILES string of the molecule is COC(=O)C(CO)CF. The molecule has 1 atom stereocenters. The second-order valence-corrected chi connectivity index (χ2v) is 1.56. The number of hydrogen-bond donors (Lipinski definition) is 1. The summed E-state index contributed by atoms with van der Waals surface area (Å²) in [6, 6.07) is 0. The second-order valence-electron chi connectivity index (χ2n) is 1.56. The maximum absolute atomic E-state index is 11.6. The van der Waals surface area contributed by atoms with Gasteiger partial charge in [-0.3, -0.25) is 9.18 Å². The fourth-order valence-corrected chi connectivity index (χ4v) is 0.353. The zero-order valence-electron chi connectivity index (χ0n) is 5.13. The predicted molar refractivity (Wildman–Crippen MR) is 28.6 cm³/mol. The van der Waals surface area contributed by atoms with Crippen molar-refractivity contribution in [3.8, 4) is 0 Å². The standard InChI is InChI=1S/C5H9FO3/c1-9-5(8)4(2-6)3-7/h4,7H,2-3H2,1H3. The highest BCUT2D eigenvalue weighted by molar-refractivity contribution is 5.72. The van der Waals surface area contributed by atoms with E-state index in [0.717, 1.165) is 7.11 Å². The molecule has 3 nitrogen and oxygen atoms in total. The van der Waals surface area contributed by atoms with E-state index in [1.807, 2.05) is 0 Å². The van der Waals surface area contributed by atoms with Crippen LogP contribution >= 0.6 is 0 Å². The number of alkyl halides is 1. The summed E-state index contributed by atoms with van der Waals surface area (Å²) in [5.74, 6) is -1.71. The lowest BCUT2D eigenvalue weighted by atomic mass is 10.2. The van der Waals surface area contributed by atoms with Crippen molar-refractivity contribution < 1.29 is 19.0 Å². The van der Waals surface area contributed by atoms with Gasteiger partial charge in [0, 0.05) is 0 Å². The summed E-state index contributed by atoms with van der Waals surface area (Å²) in [7, 11) is 1.15. The van der Waals surface area contributed by atoms with Crippen molar-refractivity contribution in [3.05, 3.63) is 0 Å². The lowest BCUT2D eigenvalue weighted by Crippen LogP contribution is -2.21. The summed E-state index contributed by atoms with van der Waals surface area (Å²) < 4.78 is 15.8. The molecule has 1 unspecified atom stereocenters. The molecule has 0 aromatic carbocycles. The number of ether oxygens (including phenoxy) is 1. The highest BCUT2D eigenvalue weighted by Crippen LogP contribution is 1.97. The largest absolute Gasteiger partial charge is 0.469 e. The van der Waals surface area contributed by atoms with E-state index in [9.17, 15) is 9.18 Å². The normalized spacial score (nSPS) is 12.8. The van der Waals surface area contributed by atoms with Crippen LogP contribution in [0.2, 0.25) is 0 Å². The molecule has 0 spiro atoms. The number of hydrogen-bond acceptors (Lipinski definition) is 3. The summed E-state index contributed by atoms with van der Waals surface area (Å²) in [6.45, 7) is -1.37. The predicted octanol–water partition coefficient (Wildman–Crippen LogP) is -0.263. The van der Waals surface area contributed by atoms with Gasteiger partial charge in [0.2, 0.25) is 0 Å². The third-order valence-electron chi connectivity index (χ3n) is 0.941. The molecule has 9 heavy (non-hydrogen) atoms. The monoisotopic (exact) mass is 136 g/mol. The first-order valence-corrected chi connectivity index (χ1v) is 2.51. The third kappa shape index (κ3) is 2.41. The van der Waals surface area contributed by atoms with E-state index in [0.29, 0.717) is 0 Å². The first kappa shape index (κ1) is 8.36. The topological polar surface area (TPSA) is 46.5 Å². The minimum Gasteiger partial charge on any atom is -0.469 e. The summed E-state index contributed by atoms with van der Waals surface area (Å²) >= 11 is 0. The number of esters is 1. The molecule has 0 bridgehead atoms. The Morgan fingerprint density at radius 1 is 1.89 bits per heavy atom. The molecule has 0 amide bonds. The van der Waals surface area contributed by atoms with Gasteiger partial charge in [0.1, 0.15) is 12.6 Å². The smallest absolute Gasteiger partial charge is 0.313 e. The Hall–Kier alpha value is -0.640. The molecule has 0 heterocycles. The molecule has 0 fully saturated rings. The maximum atomic E-state index is 11.6. The minimum absolute atomic E-state index is 0.497. The van der Waals surface area contributed by atoms with E-state index >= 15 is 0 Å². The summed E-state index contributed by atoms with van der Waals surface area (Å²) in [6.07, 6.45) is 0. The number of halogens is 1. The van der Waals surface area contributed by atoms with Crippen molar-refractivity contribution in [1.29, 1.82) is 0 Å². The van der Waals surface area contributed by atoms with Crippen LogP contribution in [0.1, 0.15) is 0 Å². The van der Waals surface area contributed by atoms with Gasteiger partial charge in [0.15, 0.2) is 0 Å². The van der Waals surface area contributed by atoms with Gasteiger partial charge < -0.3 is 9.84 Å². The average molecular weight is 136 g/mol. The van der Waals surface area contributed by atoms with Crippen LogP contribution < -0.4 is 0 Å². The van der Waals surface area contributed by atoms with Gasteiger partial charge >= 0.3 is 5.97 Å². The zero-order valence-corrected chi connectivity index (χ0v) is 5.13. The van der Waals surface area contributed by atoms with Crippen LogP contribution in [0.25, 0.3) is 0 Å². The molecule has 1 N–H and O–H groups in total. The number of rotatable bonds is 3. The molecule has 0 aromatic heterocycles. The molecule has 0 saturated heterocycles. The molecule has 0 radical (unpaired) electrons. The molecule has 4 heteroatoms. The Balaban J connectivity index is 3.64. The lowest BCUT2D eigenvalue weighted by molar-refractivity contribution is -0.147. The van der Waals surface area contributed by atoms with Crippen molar-refractivity contribution in [2.45, 2.75) is 0 Å². The molecule has 0 aromatic rings. The van der Waals surface area contributed by atoms with E-state index in [4.69, 9.17) is 5.11 Å². The van der Waals surface area contributed by atoms with Crippen molar-refractivity contribution in [1.82, 2.24) is 0 Å². The van der Waals surface area contributed by atoms with Crippen LogP contribution in [0.3, 0.4) is 0 Å². The molecular formula is C5H9FO3. The number of aliphatic hydroxyl groups is 1. The number of carbonyl (C=O) groups excluding carboxylic acids is 1. The Morgan fingerprint density at radius 3 is 2.56 bits per heavy atom. The number of aliphatic hydroxyl groups excluding tert-OH is 1. The third-order valence-corrected chi connectivity index (χ3v) is 0.941. The quantitative estimate of drug-likeness (QED) is 0.543. The Morgan fingerprint density at radius 2 is 2.44 bits per heavy atom. The molecule has 0 saturated carbocycles.